The first-order valence-electron chi connectivity index (χ1n) is 5.73. The zero-order valence-corrected chi connectivity index (χ0v) is 9.45. The van der Waals surface area contributed by atoms with Crippen molar-refractivity contribution in [3.05, 3.63) is 30.6 Å². The van der Waals surface area contributed by atoms with Crippen LogP contribution in [0, 0.1) is 0 Å². The van der Waals surface area contributed by atoms with Crippen LogP contribution in [0.2, 0.25) is 0 Å². The van der Waals surface area contributed by atoms with Crippen molar-refractivity contribution in [3.8, 4) is 5.82 Å². The molecule has 0 aromatic carbocycles. The molecule has 2 aromatic heterocycles. The van der Waals surface area contributed by atoms with Crippen LogP contribution in [0.3, 0.4) is 0 Å². The van der Waals surface area contributed by atoms with Crippen LogP contribution in [0.15, 0.2) is 30.6 Å². The lowest BCUT2D eigenvalue weighted by atomic mass is 10.3. The van der Waals surface area contributed by atoms with Crippen molar-refractivity contribution in [2.75, 3.05) is 31.1 Å². The summed E-state index contributed by atoms with van der Waals surface area (Å²) >= 11 is 0. The van der Waals surface area contributed by atoms with E-state index in [1.165, 1.54) is 0 Å². The summed E-state index contributed by atoms with van der Waals surface area (Å²) in [6.07, 6.45) is 3.55. The number of aromatic nitrogens is 4. The lowest BCUT2D eigenvalue weighted by molar-refractivity contribution is 0.577. The van der Waals surface area contributed by atoms with Crippen molar-refractivity contribution in [2.24, 2.45) is 0 Å². The van der Waals surface area contributed by atoms with Gasteiger partial charge in [-0.3, -0.25) is 0 Å². The highest BCUT2D eigenvalue weighted by molar-refractivity contribution is 5.42. The number of hydrogen-bond donors (Lipinski definition) is 1. The minimum atomic E-state index is 0.804. The zero-order chi connectivity index (χ0) is 11.5. The van der Waals surface area contributed by atoms with E-state index in [2.05, 4.69) is 25.5 Å². The van der Waals surface area contributed by atoms with Gasteiger partial charge in [-0.15, -0.1) is 5.10 Å². The molecule has 2 aromatic rings. The normalized spacial score (nSPS) is 16.1. The first-order valence-corrected chi connectivity index (χ1v) is 5.73. The largest absolute Gasteiger partial charge is 0.353 e. The summed E-state index contributed by atoms with van der Waals surface area (Å²) in [5, 5.41) is 11.4. The van der Waals surface area contributed by atoms with E-state index in [0.717, 1.165) is 37.8 Å². The number of pyridine rings is 1. The Labute approximate surface area is 99.3 Å². The van der Waals surface area contributed by atoms with Crippen LogP contribution in [0.1, 0.15) is 0 Å². The van der Waals surface area contributed by atoms with Crippen molar-refractivity contribution in [3.63, 3.8) is 0 Å². The molecule has 1 N–H and O–H groups in total. The maximum atomic E-state index is 4.29. The summed E-state index contributed by atoms with van der Waals surface area (Å²) in [6.45, 7) is 3.93. The topological polar surface area (TPSA) is 58.9 Å². The maximum Gasteiger partial charge on any atom is 0.157 e. The summed E-state index contributed by atoms with van der Waals surface area (Å²) in [5.74, 6) is 1.81. The SMILES string of the molecule is c1ccc(-n2nncc2N2CCNCC2)nc1. The van der Waals surface area contributed by atoms with Gasteiger partial charge in [0.1, 0.15) is 0 Å². The smallest absolute Gasteiger partial charge is 0.157 e. The molecule has 0 aliphatic carbocycles. The molecule has 3 rings (SSSR count). The molecule has 17 heavy (non-hydrogen) atoms. The molecule has 0 amide bonds. The highest BCUT2D eigenvalue weighted by atomic mass is 15.5. The van der Waals surface area contributed by atoms with E-state index >= 15 is 0 Å². The molecule has 0 saturated carbocycles. The van der Waals surface area contributed by atoms with Crippen LogP contribution < -0.4 is 10.2 Å². The van der Waals surface area contributed by atoms with Gasteiger partial charge in [0.15, 0.2) is 11.6 Å². The summed E-state index contributed by atoms with van der Waals surface area (Å²) in [7, 11) is 0. The van der Waals surface area contributed by atoms with E-state index in [1.807, 2.05) is 18.2 Å². The van der Waals surface area contributed by atoms with Crippen LogP contribution >= 0.6 is 0 Å². The van der Waals surface area contributed by atoms with Gasteiger partial charge in [0, 0.05) is 32.4 Å². The standard InChI is InChI=1S/C11H14N6/c1-2-4-13-10(3-1)17-11(9-14-15-17)16-7-5-12-6-8-16/h1-4,9,12H,5-8H2. The quantitative estimate of drug-likeness (QED) is 0.791. The highest BCUT2D eigenvalue weighted by Gasteiger charge is 2.16. The Kier molecular flexibility index (Phi) is 2.71. The highest BCUT2D eigenvalue weighted by Crippen LogP contribution is 2.16. The van der Waals surface area contributed by atoms with Crippen molar-refractivity contribution in [1.29, 1.82) is 0 Å². The van der Waals surface area contributed by atoms with Gasteiger partial charge < -0.3 is 10.2 Å². The van der Waals surface area contributed by atoms with Gasteiger partial charge in [-0.2, -0.15) is 4.68 Å². The molecule has 0 spiro atoms. The third kappa shape index (κ3) is 1.99. The predicted octanol–water partition coefficient (Wildman–Crippen LogP) is 0.0719. The number of piperazine rings is 1. The molecule has 1 fully saturated rings. The maximum absolute atomic E-state index is 4.29. The van der Waals surface area contributed by atoms with Crippen molar-refractivity contribution < 1.29 is 0 Å². The lowest BCUT2D eigenvalue weighted by Crippen LogP contribution is -2.44. The molecule has 0 unspecified atom stereocenters. The van der Waals surface area contributed by atoms with Crippen molar-refractivity contribution in [2.45, 2.75) is 0 Å². The lowest BCUT2D eigenvalue weighted by Gasteiger charge is -2.28. The molecule has 0 radical (unpaired) electrons. The first kappa shape index (κ1) is 10.2. The zero-order valence-electron chi connectivity index (χ0n) is 9.45. The summed E-state index contributed by atoms with van der Waals surface area (Å²) in [4.78, 5) is 6.56. The van der Waals surface area contributed by atoms with E-state index in [1.54, 1.807) is 17.1 Å². The molecule has 1 aliphatic rings. The van der Waals surface area contributed by atoms with Gasteiger partial charge in [-0.05, 0) is 12.1 Å². The second-order valence-electron chi connectivity index (χ2n) is 3.93. The molecular formula is C11H14N6. The van der Waals surface area contributed by atoms with E-state index in [0.29, 0.717) is 0 Å². The third-order valence-electron chi connectivity index (χ3n) is 2.84. The van der Waals surface area contributed by atoms with Crippen LogP contribution in [-0.4, -0.2) is 46.2 Å². The van der Waals surface area contributed by atoms with Crippen LogP contribution in [0.25, 0.3) is 5.82 Å². The van der Waals surface area contributed by atoms with Gasteiger partial charge in [-0.1, -0.05) is 11.3 Å². The Morgan fingerprint density at radius 3 is 2.82 bits per heavy atom. The molecular weight excluding hydrogens is 216 g/mol. The Bertz CT molecular complexity index is 474. The Morgan fingerprint density at radius 2 is 2.06 bits per heavy atom. The predicted molar refractivity (Wildman–Crippen MR) is 64.2 cm³/mol. The molecule has 1 aliphatic heterocycles. The van der Waals surface area contributed by atoms with Gasteiger partial charge in [0.2, 0.25) is 0 Å². The number of nitrogens with one attached hydrogen (secondary N) is 1. The molecule has 0 bridgehead atoms. The van der Waals surface area contributed by atoms with Crippen molar-refractivity contribution >= 4 is 5.82 Å². The second-order valence-corrected chi connectivity index (χ2v) is 3.93. The molecule has 0 atom stereocenters. The number of anilines is 1. The van der Waals surface area contributed by atoms with E-state index in [-0.39, 0.29) is 0 Å². The fourth-order valence-corrected chi connectivity index (χ4v) is 1.98. The van der Waals surface area contributed by atoms with Crippen LogP contribution in [0.5, 0.6) is 0 Å². The van der Waals surface area contributed by atoms with Gasteiger partial charge >= 0.3 is 0 Å². The van der Waals surface area contributed by atoms with E-state index in [9.17, 15) is 0 Å². The second kappa shape index (κ2) is 4.50. The van der Waals surface area contributed by atoms with Gasteiger partial charge in [0.05, 0.1) is 6.20 Å². The minimum Gasteiger partial charge on any atom is -0.353 e. The summed E-state index contributed by atoms with van der Waals surface area (Å²) in [5.41, 5.74) is 0. The fraction of sp³-hybridized carbons (Fsp3) is 0.364. The summed E-state index contributed by atoms with van der Waals surface area (Å²) in [6, 6.07) is 5.77. The Balaban J connectivity index is 1.93. The molecule has 6 nitrogen and oxygen atoms in total. The van der Waals surface area contributed by atoms with Gasteiger partial charge in [-0.25, -0.2) is 4.98 Å². The number of hydrogen-bond acceptors (Lipinski definition) is 5. The molecule has 3 heterocycles. The molecule has 1 saturated heterocycles. The third-order valence-corrected chi connectivity index (χ3v) is 2.84. The van der Waals surface area contributed by atoms with Crippen LogP contribution in [-0.2, 0) is 0 Å². The monoisotopic (exact) mass is 230 g/mol. The average molecular weight is 230 g/mol. The fourth-order valence-electron chi connectivity index (χ4n) is 1.98. The number of nitrogens with zero attached hydrogens (tertiary/aromatic N) is 5. The number of rotatable bonds is 2. The van der Waals surface area contributed by atoms with Crippen LogP contribution in [0.4, 0.5) is 5.82 Å². The van der Waals surface area contributed by atoms with E-state index in [4.69, 9.17) is 0 Å². The Morgan fingerprint density at radius 1 is 1.18 bits per heavy atom. The van der Waals surface area contributed by atoms with E-state index < -0.39 is 0 Å². The first-order chi connectivity index (χ1) is 8.45. The minimum absolute atomic E-state index is 0.804. The van der Waals surface area contributed by atoms with Gasteiger partial charge in [0.25, 0.3) is 0 Å². The average Bonchev–Trinajstić information content (AvgIpc) is 2.90. The summed E-state index contributed by atoms with van der Waals surface area (Å²) < 4.78 is 1.78. The molecule has 6 heteroatoms. The Hall–Kier alpha value is -1.95. The van der Waals surface area contributed by atoms with Crippen molar-refractivity contribution in [1.82, 2.24) is 25.3 Å². The molecule has 88 valence electrons.